The van der Waals surface area contributed by atoms with Crippen LogP contribution in [0, 0.1) is 7.43 Å². The van der Waals surface area contributed by atoms with Crippen molar-refractivity contribution in [3.8, 4) is 0 Å². The summed E-state index contributed by atoms with van der Waals surface area (Å²) < 4.78 is 0. The summed E-state index contributed by atoms with van der Waals surface area (Å²) in [5.41, 5.74) is 0. The predicted octanol–water partition coefficient (Wildman–Crippen LogP) is 0.440. The van der Waals surface area contributed by atoms with Crippen molar-refractivity contribution in [2.45, 2.75) is 0 Å². The van der Waals surface area contributed by atoms with Crippen molar-refractivity contribution < 1.29 is 99.6 Å². The quantitative estimate of drug-likeness (QED) is 0.450. The molecular weight excluding hydrogens is 300 g/mol. The van der Waals surface area contributed by atoms with Crippen LogP contribution in [-0.2, 0) is 99.6 Å². The topological polar surface area (TPSA) is 0 Å². The van der Waals surface area contributed by atoms with Crippen LogP contribution in [0.1, 0.15) is 0 Å². The van der Waals surface area contributed by atoms with Gasteiger partial charge in [0, 0.05) is 99.6 Å². The first-order chi connectivity index (χ1) is 0. The first-order valence-electron chi connectivity index (χ1n) is 0. The molecular formula is CH3Mn2Y2-. The molecule has 0 heterocycles. The molecule has 0 saturated heterocycles. The van der Waals surface area contributed by atoms with Crippen LogP contribution in [0.4, 0.5) is 0 Å². The average molecular weight is 303 g/mol. The van der Waals surface area contributed by atoms with E-state index in [0.717, 1.165) is 0 Å². The maximum atomic E-state index is 0. The van der Waals surface area contributed by atoms with Gasteiger partial charge in [-0.1, -0.05) is 0 Å². The number of rotatable bonds is 0. The fraction of sp³-hybridized carbons (Fsp3) is 0. The third-order valence-corrected chi connectivity index (χ3v) is 0. The van der Waals surface area contributed by atoms with Crippen LogP contribution in [0.3, 0.4) is 0 Å². The smallest absolute Gasteiger partial charge is 0 e. The van der Waals surface area contributed by atoms with Gasteiger partial charge in [0.05, 0.1) is 0 Å². The van der Waals surface area contributed by atoms with Gasteiger partial charge in [0.1, 0.15) is 0 Å². The molecule has 5 heavy (non-hydrogen) atoms. The third kappa shape index (κ3) is 18.9. The van der Waals surface area contributed by atoms with Crippen molar-refractivity contribution in [2.24, 2.45) is 0 Å². The molecule has 0 spiro atoms. The SMILES string of the molecule is [CH3-].[Mn].[Mn].[Y].[Y]. The van der Waals surface area contributed by atoms with Crippen molar-refractivity contribution in [1.82, 2.24) is 0 Å². The van der Waals surface area contributed by atoms with Crippen LogP contribution in [0.15, 0.2) is 0 Å². The van der Waals surface area contributed by atoms with Gasteiger partial charge in [0.2, 0.25) is 0 Å². The van der Waals surface area contributed by atoms with Gasteiger partial charge in [0.25, 0.3) is 0 Å². The summed E-state index contributed by atoms with van der Waals surface area (Å²) >= 11 is 0. The van der Waals surface area contributed by atoms with E-state index in [2.05, 4.69) is 0 Å². The largest absolute Gasteiger partial charge is 0.358 e. The summed E-state index contributed by atoms with van der Waals surface area (Å²) in [6.07, 6.45) is 0. The van der Waals surface area contributed by atoms with Crippen LogP contribution in [0.5, 0.6) is 0 Å². The van der Waals surface area contributed by atoms with E-state index >= 15 is 0 Å². The van der Waals surface area contributed by atoms with Gasteiger partial charge in [-0.05, 0) is 0 Å². The van der Waals surface area contributed by atoms with Crippen LogP contribution in [-0.4, -0.2) is 0 Å². The van der Waals surface area contributed by atoms with E-state index in [0.29, 0.717) is 0 Å². The zero-order chi connectivity index (χ0) is 0. The fourth-order valence-corrected chi connectivity index (χ4v) is 0. The summed E-state index contributed by atoms with van der Waals surface area (Å²) in [7, 11) is 0. The molecule has 0 rings (SSSR count). The second kappa shape index (κ2) is 26.8. The molecule has 0 aliphatic carbocycles. The van der Waals surface area contributed by atoms with Gasteiger partial charge < -0.3 is 7.43 Å². The molecule has 4 radical (unpaired) electrons. The maximum Gasteiger partial charge on any atom is 0 e. The second-order valence-corrected chi connectivity index (χ2v) is 0. The standard InChI is InChI=1S/CH3.2Mn.2Y/h1H3;;;;/q-1;;;;. The molecule has 0 nitrogen and oxygen atoms in total. The molecule has 0 aliphatic rings. The molecule has 4 heteroatoms. The monoisotopic (exact) mass is 303 g/mol. The fourth-order valence-electron chi connectivity index (χ4n) is 0. The molecule has 0 aromatic rings. The van der Waals surface area contributed by atoms with E-state index in [1.165, 1.54) is 0 Å². The van der Waals surface area contributed by atoms with E-state index < -0.39 is 0 Å². The summed E-state index contributed by atoms with van der Waals surface area (Å²) in [6, 6.07) is 0. The Kier molecular flexibility index (Phi) is 220. The summed E-state index contributed by atoms with van der Waals surface area (Å²) in [5, 5.41) is 0. The summed E-state index contributed by atoms with van der Waals surface area (Å²) in [4.78, 5) is 0. The molecule has 28 valence electrons. The third-order valence-electron chi connectivity index (χ3n) is 0. The first kappa shape index (κ1) is 41.1. The minimum atomic E-state index is 0. The first-order valence-corrected chi connectivity index (χ1v) is 0. The molecule has 0 saturated carbocycles. The molecule has 0 aromatic carbocycles. The van der Waals surface area contributed by atoms with Crippen LogP contribution < -0.4 is 0 Å². The average Bonchev–Trinajstić information content (AvgIpc) is 0. The molecule has 0 fully saturated rings. The Labute approximate surface area is 105 Å². The van der Waals surface area contributed by atoms with E-state index in [1.54, 1.807) is 0 Å². The Balaban J connectivity index is 0. The van der Waals surface area contributed by atoms with Crippen molar-refractivity contribution in [1.29, 1.82) is 0 Å². The van der Waals surface area contributed by atoms with Crippen molar-refractivity contribution >= 4 is 0 Å². The summed E-state index contributed by atoms with van der Waals surface area (Å²) in [5.74, 6) is 0. The van der Waals surface area contributed by atoms with E-state index in [1.807, 2.05) is 0 Å². The zero-order valence-corrected chi connectivity index (χ0v) is 10.9. The molecule has 0 bridgehead atoms. The normalized spacial score (nSPS) is 0. The Morgan fingerprint density at radius 1 is 0.600 bits per heavy atom. The predicted molar refractivity (Wildman–Crippen MR) is 6.41 cm³/mol. The van der Waals surface area contributed by atoms with Gasteiger partial charge in [-0.3, -0.25) is 0 Å². The summed E-state index contributed by atoms with van der Waals surface area (Å²) in [6.45, 7) is 0. The number of hydrogen-bond donors (Lipinski definition) is 0. The van der Waals surface area contributed by atoms with E-state index in [-0.39, 0.29) is 107 Å². The van der Waals surface area contributed by atoms with Crippen molar-refractivity contribution in [2.75, 3.05) is 0 Å². The van der Waals surface area contributed by atoms with Crippen LogP contribution in [0.25, 0.3) is 0 Å². The molecule has 0 N–H and O–H groups in total. The van der Waals surface area contributed by atoms with Gasteiger partial charge in [-0.2, -0.15) is 0 Å². The van der Waals surface area contributed by atoms with Crippen LogP contribution >= 0.6 is 0 Å². The van der Waals surface area contributed by atoms with Crippen molar-refractivity contribution in [3.63, 3.8) is 0 Å². The van der Waals surface area contributed by atoms with E-state index in [9.17, 15) is 0 Å². The van der Waals surface area contributed by atoms with Gasteiger partial charge in [0.15, 0.2) is 0 Å². The minimum Gasteiger partial charge on any atom is -0.358 e. The maximum absolute atomic E-state index is 0. The molecule has 0 atom stereocenters. The molecule has 0 amide bonds. The van der Waals surface area contributed by atoms with Gasteiger partial charge in [-0.15, -0.1) is 0 Å². The molecule has 0 unspecified atom stereocenters. The minimum absolute atomic E-state index is 0. The van der Waals surface area contributed by atoms with Crippen LogP contribution in [0.2, 0.25) is 0 Å². The Bertz CT molecular complexity index is 7.61. The van der Waals surface area contributed by atoms with Crippen molar-refractivity contribution in [3.05, 3.63) is 7.43 Å². The van der Waals surface area contributed by atoms with Gasteiger partial charge in [-0.25, -0.2) is 0 Å². The second-order valence-electron chi connectivity index (χ2n) is 0. The Morgan fingerprint density at radius 3 is 0.600 bits per heavy atom. The molecule has 0 aromatic heterocycles. The zero-order valence-electron chi connectivity index (χ0n) is 2.91. The van der Waals surface area contributed by atoms with E-state index in [4.69, 9.17) is 0 Å². The Morgan fingerprint density at radius 2 is 0.600 bits per heavy atom. The molecule has 0 aliphatic heterocycles. The van der Waals surface area contributed by atoms with Gasteiger partial charge >= 0.3 is 0 Å². The number of hydrogen-bond acceptors (Lipinski definition) is 0. The Hall–Kier alpha value is 3.25.